The minimum atomic E-state index is -1.42. The molecular weight excluding hydrogens is 246 g/mol. The molecule has 1 N–H and O–H groups in total. The molecular formula is C6H4BrNO3S. The van der Waals surface area contributed by atoms with Crippen LogP contribution in [0.1, 0.15) is 5.01 Å². The van der Waals surface area contributed by atoms with Crippen molar-refractivity contribution in [3.63, 3.8) is 0 Å². The number of carbonyl (C=O) groups is 2. The van der Waals surface area contributed by atoms with E-state index in [0.29, 0.717) is 5.01 Å². The minimum absolute atomic E-state index is 0.133. The van der Waals surface area contributed by atoms with Gasteiger partial charge in [0.15, 0.2) is 0 Å². The summed E-state index contributed by atoms with van der Waals surface area (Å²) in [4.78, 5) is 24.6. The van der Waals surface area contributed by atoms with Gasteiger partial charge in [-0.3, -0.25) is 4.79 Å². The third kappa shape index (κ3) is 2.38. The zero-order valence-electron chi connectivity index (χ0n) is 5.78. The van der Waals surface area contributed by atoms with E-state index in [2.05, 4.69) is 20.9 Å². The Kier molecular flexibility index (Phi) is 2.93. The van der Waals surface area contributed by atoms with E-state index in [1.807, 2.05) is 0 Å². The van der Waals surface area contributed by atoms with E-state index in [0.717, 1.165) is 3.79 Å². The highest BCUT2D eigenvalue weighted by atomic mass is 79.9. The van der Waals surface area contributed by atoms with Crippen LogP contribution in [0.25, 0.3) is 0 Å². The first-order valence-corrected chi connectivity index (χ1v) is 4.57. The van der Waals surface area contributed by atoms with Crippen LogP contribution in [0.4, 0.5) is 0 Å². The lowest BCUT2D eigenvalue weighted by atomic mass is 10.3. The fourth-order valence-electron chi connectivity index (χ4n) is 0.583. The van der Waals surface area contributed by atoms with Gasteiger partial charge in [0.05, 0.1) is 16.4 Å². The molecule has 0 radical (unpaired) electrons. The number of Topliss-reactive ketones (excluding diaryl/α,β-unsaturated/α-hetero) is 1. The largest absolute Gasteiger partial charge is 0.475 e. The molecule has 0 spiro atoms. The first-order valence-electron chi connectivity index (χ1n) is 2.96. The molecule has 1 aromatic heterocycles. The lowest BCUT2D eigenvalue weighted by Crippen LogP contribution is -2.14. The first kappa shape index (κ1) is 9.34. The molecule has 0 fully saturated rings. The Morgan fingerprint density at radius 3 is 2.75 bits per heavy atom. The molecule has 64 valence electrons. The van der Waals surface area contributed by atoms with Crippen molar-refractivity contribution >= 4 is 39.0 Å². The molecule has 1 rings (SSSR count). The monoisotopic (exact) mass is 249 g/mol. The number of nitrogens with zero attached hydrogens (tertiary/aromatic N) is 1. The van der Waals surface area contributed by atoms with E-state index in [-0.39, 0.29) is 6.42 Å². The summed E-state index contributed by atoms with van der Waals surface area (Å²) in [6.07, 6.45) is 1.40. The zero-order chi connectivity index (χ0) is 9.14. The maximum absolute atomic E-state index is 10.7. The lowest BCUT2D eigenvalue weighted by molar-refractivity contribution is -0.148. The quantitative estimate of drug-likeness (QED) is 0.815. The molecule has 0 amide bonds. The van der Waals surface area contributed by atoms with Gasteiger partial charge in [0.2, 0.25) is 5.78 Å². The highest BCUT2D eigenvalue weighted by Gasteiger charge is 2.13. The second-order valence-corrected chi connectivity index (χ2v) is 4.46. The maximum Gasteiger partial charge on any atom is 0.372 e. The predicted octanol–water partition coefficient (Wildman–Crippen LogP) is 1.10. The number of hydrogen-bond acceptors (Lipinski definition) is 4. The number of carboxylic acid groups (broad SMARTS) is 1. The number of carbonyl (C=O) groups excluding carboxylic acids is 1. The van der Waals surface area contributed by atoms with Crippen molar-refractivity contribution in [2.24, 2.45) is 0 Å². The average Bonchev–Trinajstić information content (AvgIpc) is 2.35. The number of thiazole rings is 1. The van der Waals surface area contributed by atoms with Gasteiger partial charge in [-0.15, -0.1) is 11.3 Å². The number of aliphatic carboxylic acids is 1. The second-order valence-electron chi connectivity index (χ2n) is 1.96. The molecule has 0 aromatic carbocycles. The Labute approximate surface area is 80.4 Å². The highest BCUT2D eigenvalue weighted by Crippen LogP contribution is 2.19. The SMILES string of the molecule is O=C(O)C(=O)Cc1ncc(Br)s1. The molecule has 0 bridgehead atoms. The highest BCUT2D eigenvalue weighted by molar-refractivity contribution is 9.11. The minimum Gasteiger partial charge on any atom is -0.475 e. The van der Waals surface area contributed by atoms with Gasteiger partial charge < -0.3 is 5.11 Å². The Bertz CT molecular complexity index is 322. The van der Waals surface area contributed by atoms with Crippen molar-refractivity contribution in [2.75, 3.05) is 0 Å². The van der Waals surface area contributed by atoms with E-state index >= 15 is 0 Å². The number of hydrogen-bond donors (Lipinski definition) is 1. The van der Waals surface area contributed by atoms with Gasteiger partial charge in [0.25, 0.3) is 0 Å². The topological polar surface area (TPSA) is 67.3 Å². The van der Waals surface area contributed by atoms with Crippen molar-refractivity contribution < 1.29 is 14.7 Å². The summed E-state index contributed by atoms with van der Waals surface area (Å²) in [6, 6.07) is 0. The Morgan fingerprint density at radius 2 is 2.33 bits per heavy atom. The molecule has 0 saturated carbocycles. The standard InChI is InChI=1S/C6H4BrNO3S/c7-4-2-8-5(12-4)1-3(9)6(10)11/h2H,1H2,(H,10,11). The third-order valence-electron chi connectivity index (χ3n) is 1.08. The smallest absolute Gasteiger partial charge is 0.372 e. The Hall–Kier alpha value is -0.750. The van der Waals surface area contributed by atoms with E-state index in [9.17, 15) is 9.59 Å². The fraction of sp³-hybridized carbons (Fsp3) is 0.167. The van der Waals surface area contributed by atoms with E-state index in [1.54, 1.807) is 0 Å². The number of rotatable bonds is 3. The van der Waals surface area contributed by atoms with Crippen LogP contribution in [0.15, 0.2) is 9.98 Å². The van der Waals surface area contributed by atoms with Gasteiger partial charge in [0, 0.05) is 0 Å². The summed E-state index contributed by atoms with van der Waals surface area (Å²) in [5, 5.41) is 8.77. The van der Waals surface area contributed by atoms with Gasteiger partial charge in [0.1, 0.15) is 5.01 Å². The molecule has 0 atom stereocenters. The molecule has 0 unspecified atom stereocenters. The van der Waals surface area contributed by atoms with Crippen LogP contribution in [-0.4, -0.2) is 21.8 Å². The lowest BCUT2D eigenvalue weighted by Gasteiger charge is -1.88. The molecule has 1 aromatic rings. The predicted molar refractivity (Wildman–Crippen MR) is 46.2 cm³/mol. The molecule has 12 heavy (non-hydrogen) atoms. The van der Waals surface area contributed by atoms with Crippen LogP contribution in [-0.2, 0) is 16.0 Å². The van der Waals surface area contributed by atoms with Gasteiger partial charge in [-0.1, -0.05) is 0 Å². The second kappa shape index (κ2) is 3.77. The van der Waals surface area contributed by atoms with E-state index in [4.69, 9.17) is 5.11 Å². The normalized spacial score (nSPS) is 9.75. The number of aromatic nitrogens is 1. The fourth-order valence-corrected chi connectivity index (χ4v) is 1.88. The van der Waals surface area contributed by atoms with Crippen LogP contribution in [0.5, 0.6) is 0 Å². The van der Waals surface area contributed by atoms with Crippen LogP contribution in [0.3, 0.4) is 0 Å². The van der Waals surface area contributed by atoms with Crippen LogP contribution in [0, 0.1) is 0 Å². The maximum atomic E-state index is 10.7. The number of carboxylic acids is 1. The summed E-state index contributed by atoms with van der Waals surface area (Å²) in [5.41, 5.74) is 0. The molecule has 0 aliphatic carbocycles. The summed E-state index contributed by atoms with van der Waals surface area (Å²) in [6.45, 7) is 0. The Morgan fingerprint density at radius 1 is 1.67 bits per heavy atom. The van der Waals surface area contributed by atoms with Crippen molar-refractivity contribution in [1.82, 2.24) is 4.98 Å². The molecule has 4 nitrogen and oxygen atoms in total. The molecule has 0 aliphatic rings. The molecule has 1 heterocycles. The van der Waals surface area contributed by atoms with E-state index < -0.39 is 11.8 Å². The summed E-state index contributed by atoms with van der Waals surface area (Å²) in [7, 11) is 0. The van der Waals surface area contributed by atoms with Gasteiger partial charge in [-0.25, -0.2) is 9.78 Å². The van der Waals surface area contributed by atoms with Crippen LogP contribution in [0.2, 0.25) is 0 Å². The average molecular weight is 250 g/mol. The zero-order valence-corrected chi connectivity index (χ0v) is 8.18. The third-order valence-corrected chi connectivity index (χ3v) is 2.55. The summed E-state index contributed by atoms with van der Waals surface area (Å²) < 4.78 is 0.788. The van der Waals surface area contributed by atoms with Gasteiger partial charge >= 0.3 is 5.97 Å². The van der Waals surface area contributed by atoms with Crippen molar-refractivity contribution in [2.45, 2.75) is 6.42 Å². The van der Waals surface area contributed by atoms with Crippen LogP contribution >= 0.6 is 27.3 Å². The Balaban J connectivity index is 2.64. The number of halogens is 1. The first-order chi connectivity index (χ1) is 5.59. The molecule has 0 saturated heterocycles. The van der Waals surface area contributed by atoms with Gasteiger partial charge in [-0.05, 0) is 15.9 Å². The number of ketones is 1. The van der Waals surface area contributed by atoms with Crippen molar-refractivity contribution in [3.8, 4) is 0 Å². The summed E-state index contributed by atoms with van der Waals surface area (Å²) in [5.74, 6) is -2.25. The van der Waals surface area contributed by atoms with Crippen LogP contribution < -0.4 is 0 Å². The van der Waals surface area contributed by atoms with Crippen molar-refractivity contribution in [3.05, 3.63) is 15.0 Å². The molecule has 6 heteroatoms. The van der Waals surface area contributed by atoms with Gasteiger partial charge in [-0.2, -0.15) is 0 Å². The van der Waals surface area contributed by atoms with Crippen molar-refractivity contribution in [1.29, 1.82) is 0 Å². The summed E-state index contributed by atoms with van der Waals surface area (Å²) >= 11 is 4.41. The van der Waals surface area contributed by atoms with E-state index in [1.165, 1.54) is 17.5 Å². The molecule has 0 aliphatic heterocycles.